The third kappa shape index (κ3) is 1.95. The highest BCUT2D eigenvalue weighted by molar-refractivity contribution is 9.10. The molecule has 2 atom stereocenters. The number of halogens is 1. The Hall–Kier alpha value is -1.36. The molecule has 1 amide bonds. The molecule has 0 radical (unpaired) electrons. The summed E-state index contributed by atoms with van der Waals surface area (Å²) in [6, 6.07) is 7.39. The maximum absolute atomic E-state index is 11.4. The largest absolute Gasteiger partial charge is 0.481 e. The SMILES string of the molecule is O=C(O)[C@H]1C(=O)NC[C@@H]1c1cccc(Br)c1. The minimum atomic E-state index is -1.07. The van der Waals surface area contributed by atoms with Crippen molar-refractivity contribution in [2.24, 2.45) is 5.92 Å². The molecule has 84 valence electrons. The summed E-state index contributed by atoms with van der Waals surface area (Å²) < 4.78 is 0.883. The first kappa shape index (κ1) is 11.1. The number of amides is 1. The highest BCUT2D eigenvalue weighted by Gasteiger charge is 2.41. The van der Waals surface area contributed by atoms with Crippen molar-refractivity contribution in [3.63, 3.8) is 0 Å². The van der Waals surface area contributed by atoms with Crippen molar-refractivity contribution in [1.29, 1.82) is 0 Å². The van der Waals surface area contributed by atoms with E-state index in [1.54, 1.807) is 0 Å². The summed E-state index contributed by atoms with van der Waals surface area (Å²) in [5.74, 6) is -2.74. The quantitative estimate of drug-likeness (QED) is 0.806. The Balaban J connectivity index is 2.34. The van der Waals surface area contributed by atoms with E-state index in [1.807, 2.05) is 24.3 Å². The number of carbonyl (C=O) groups is 2. The van der Waals surface area contributed by atoms with E-state index < -0.39 is 17.8 Å². The summed E-state index contributed by atoms with van der Waals surface area (Å²) in [6.45, 7) is 0.381. The number of carboxylic acids is 1. The number of aliphatic carboxylic acids is 1. The molecule has 1 heterocycles. The van der Waals surface area contributed by atoms with E-state index in [-0.39, 0.29) is 5.92 Å². The summed E-state index contributed by atoms with van der Waals surface area (Å²) in [5.41, 5.74) is 0.861. The molecule has 0 aliphatic carbocycles. The van der Waals surface area contributed by atoms with E-state index in [9.17, 15) is 9.59 Å². The zero-order chi connectivity index (χ0) is 11.7. The third-order valence-electron chi connectivity index (χ3n) is 2.72. The van der Waals surface area contributed by atoms with Gasteiger partial charge >= 0.3 is 5.97 Å². The van der Waals surface area contributed by atoms with Gasteiger partial charge in [0.2, 0.25) is 5.91 Å². The Bertz CT molecular complexity index is 447. The predicted octanol–water partition coefficient (Wildman–Crippen LogP) is 1.36. The number of carbonyl (C=O) groups excluding carboxylic acids is 1. The molecule has 0 spiro atoms. The number of benzene rings is 1. The Kier molecular flexibility index (Phi) is 2.96. The van der Waals surface area contributed by atoms with Gasteiger partial charge in [-0.15, -0.1) is 0 Å². The Morgan fingerprint density at radius 1 is 1.50 bits per heavy atom. The molecule has 1 aromatic carbocycles. The van der Waals surface area contributed by atoms with Crippen LogP contribution in [0.3, 0.4) is 0 Å². The molecule has 0 saturated carbocycles. The molecule has 5 heteroatoms. The molecule has 1 fully saturated rings. The smallest absolute Gasteiger partial charge is 0.316 e. The Labute approximate surface area is 101 Å². The molecule has 1 aliphatic heterocycles. The van der Waals surface area contributed by atoms with E-state index in [1.165, 1.54) is 0 Å². The lowest BCUT2D eigenvalue weighted by atomic mass is 9.89. The zero-order valence-corrected chi connectivity index (χ0v) is 9.90. The van der Waals surface area contributed by atoms with E-state index in [0.717, 1.165) is 10.0 Å². The van der Waals surface area contributed by atoms with Crippen molar-refractivity contribution in [1.82, 2.24) is 5.32 Å². The van der Waals surface area contributed by atoms with Gasteiger partial charge in [-0.25, -0.2) is 0 Å². The lowest BCUT2D eigenvalue weighted by Gasteiger charge is -2.13. The number of carboxylic acid groups (broad SMARTS) is 1. The van der Waals surface area contributed by atoms with E-state index in [4.69, 9.17) is 5.11 Å². The van der Waals surface area contributed by atoms with Crippen molar-refractivity contribution in [2.45, 2.75) is 5.92 Å². The molecule has 2 N–H and O–H groups in total. The molecular weight excluding hydrogens is 274 g/mol. The zero-order valence-electron chi connectivity index (χ0n) is 8.31. The van der Waals surface area contributed by atoms with Crippen LogP contribution < -0.4 is 5.32 Å². The molecule has 4 nitrogen and oxygen atoms in total. The fourth-order valence-electron chi connectivity index (χ4n) is 1.95. The molecule has 16 heavy (non-hydrogen) atoms. The van der Waals surface area contributed by atoms with E-state index >= 15 is 0 Å². The standard InChI is InChI=1S/C11H10BrNO3/c12-7-3-1-2-6(4-7)8-5-13-10(14)9(8)11(15)16/h1-4,8-9H,5H2,(H,13,14)(H,15,16)/t8-,9-/m1/s1. The van der Waals surface area contributed by atoms with Gasteiger partial charge in [-0.1, -0.05) is 28.1 Å². The second kappa shape index (κ2) is 4.25. The van der Waals surface area contributed by atoms with Crippen LogP contribution in [0.15, 0.2) is 28.7 Å². The van der Waals surface area contributed by atoms with Crippen LogP contribution in [0.5, 0.6) is 0 Å². The number of nitrogens with one attached hydrogen (secondary N) is 1. The molecule has 0 bridgehead atoms. The average Bonchev–Trinajstić information content (AvgIpc) is 2.60. The first-order valence-electron chi connectivity index (χ1n) is 4.85. The molecule has 0 aromatic heterocycles. The predicted molar refractivity (Wildman–Crippen MR) is 61.0 cm³/mol. The van der Waals surface area contributed by atoms with Gasteiger partial charge in [-0.05, 0) is 17.7 Å². The average molecular weight is 284 g/mol. The highest BCUT2D eigenvalue weighted by Crippen LogP contribution is 2.30. The molecule has 1 aliphatic rings. The fourth-order valence-corrected chi connectivity index (χ4v) is 2.37. The third-order valence-corrected chi connectivity index (χ3v) is 3.22. The van der Waals surface area contributed by atoms with Crippen LogP contribution in [0.25, 0.3) is 0 Å². The van der Waals surface area contributed by atoms with Gasteiger partial charge in [0.15, 0.2) is 0 Å². The summed E-state index contributed by atoms with van der Waals surface area (Å²) in [6.07, 6.45) is 0. The monoisotopic (exact) mass is 283 g/mol. The molecule has 0 unspecified atom stereocenters. The van der Waals surface area contributed by atoms with Crippen LogP contribution in [-0.2, 0) is 9.59 Å². The second-order valence-electron chi connectivity index (χ2n) is 3.72. The van der Waals surface area contributed by atoms with Gasteiger partial charge in [0.05, 0.1) is 0 Å². The minimum Gasteiger partial charge on any atom is -0.481 e. The highest BCUT2D eigenvalue weighted by atomic mass is 79.9. The normalized spacial score (nSPS) is 24.2. The molecular formula is C11H10BrNO3. The number of hydrogen-bond acceptors (Lipinski definition) is 2. The first-order valence-corrected chi connectivity index (χ1v) is 5.65. The molecule has 1 aromatic rings. The maximum Gasteiger partial charge on any atom is 0.316 e. The van der Waals surface area contributed by atoms with Crippen LogP contribution in [-0.4, -0.2) is 23.5 Å². The fraction of sp³-hybridized carbons (Fsp3) is 0.273. The van der Waals surface area contributed by atoms with Crippen molar-refractivity contribution >= 4 is 27.8 Å². The van der Waals surface area contributed by atoms with Crippen LogP contribution in [0.1, 0.15) is 11.5 Å². The van der Waals surface area contributed by atoms with Crippen LogP contribution in [0.2, 0.25) is 0 Å². The summed E-state index contributed by atoms with van der Waals surface area (Å²) in [4.78, 5) is 22.4. The van der Waals surface area contributed by atoms with Gasteiger partial charge < -0.3 is 10.4 Å². The summed E-state index contributed by atoms with van der Waals surface area (Å²) in [5, 5.41) is 11.6. The molecule has 2 rings (SSSR count). The summed E-state index contributed by atoms with van der Waals surface area (Å²) >= 11 is 3.33. The van der Waals surface area contributed by atoms with Gasteiger partial charge in [0.1, 0.15) is 5.92 Å². The Morgan fingerprint density at radius 3 is 2.88 bits per heavy atom. The van der Waals surface area contributed by atoms with E-state index in [0.29, 0.717) is 6.54 Å². The van der Waals surface area contributed by atoms with Crippen molar-refractivity contribution < 1.29 is 14.7 Å². The van der Waals surface area contributed by atoms with Gasteiger partial charge in [0.25, 0.3) is 0 Å². The number of hydrogen-bond donors (Lipinski definition) is 2. The first-order chi connectivity index (χ1) is 7.59. The van der Waals surface area contributed by atoms with Gasteiger partial charge in [-0.3, -0.25) is 9.59 Å². The van der Waals surface area contributed by atoms with Crippen LogP contribution in [0.4, 0.5) is 0 Å². The van der Waals surface area contributed by atoms with E-state index in [2.05, 4.69) is 21.2 Å². The number of rotatable bonds is 2. The van der Waals surface area contributed by atoms with Crippen LogP contribution >= 0.6 is 15.9 Å². The topological polar surface area (TPSA) is 66.4 Å². The summed E-state index contributed by atoms with van der Waals surface area (Å²) in [7, 11) is 0. The lowest BCUT2D eigenvalue weighted by molar-refractivity contribution is -0.145. The van der Waals surface area contributed by atoms with Gasteiger partial charge in [0, 0.05) is 16.9 Å². The maximum atomic E-state index is 11.4. The minimum absolute atomic E-state index is 0.289. The van der Waals surface area contributed by atoms with Crippen molar-refractivity contribution in [3.05, 3.63) is 34.3 Å². The Morgan fingerprint density at radius 2 is 2.25 bits per heavy atom. The van der Waals surface area contributed by atoms with Crippen LogP contribution in [0, 0.1) is 5.92 Å². The van der Waals surface area contributed by atoms with Crippen molar-refractivity contribution in [2.75, 3.05) is 6.54 Å². The van der Waals surface area contributed by atoms with Crippen molar-refractivity contribution in [3.8, 4) is 0 Å². The second-order valence-corrected chi connectivity index (χ2v) is 4.64. The van der Waals surface area contributed by atoms with Gasteiger partial charge in [-0.2, -0.15) is 0 Å². The molecule has 1 saturated heterocycles. The lowest BCUT2D eigenvalue weighted by Crippen LogP contribution is -2.26.